The molecule has 4 heteroatoms. The van der Waals surface area contributed by atoms with Crippen molar-refractivity contribution in [3.8, 4) is 0 Å². The number of rotatable bonds is 6. The van der Waals surface area contributed by atoms with E-state index in [-0.39, 0.29) is 0 Å². The second kappa shape index (κ2) is 6.17. The molecule has 1 N–H and O–H groups in total. The number of ether oxygens (including phenoxy) is 1. The third-order valence-electron chi connectivity index (χ3n) is 3.32. The fraction of sp³-hybridized carbons (Fsp3) is 0.769. The maximum Gasteiger partial charge on any atom is 0.0638 e. The highest BCUT2D eigenvalue weighted by Gasteiger charge is 2.15. The summed E-state index contributed by atoms with van der Waals surface area (Å²) in [4.78, 5) is 0. The molecular weight excluding hydrogens is 214 g/mol. The van der Waals surface area contributed by atoms with Crippen molar-refractivity contribution in [2.24, 2.45) is 0 Å². The number of hydrogen-bond acceptors (Lipinski definition) is 3. The molecule has 2 heterocycles. The Balaban J connectivity index is 1.83. The third-order valence-corrected chi connectivity index (χ3v) is 3.32. The summed E-state index contributed by atoms with van der Waals surface area (Å²) >= 11 is 0. The van der Waals surface area contributed by atoms with Crippen LogP contribution in [-0.4, -0.2) is 29.0 Å². The SMILES string of the molecule is CCNCc1cn(CCC2CCCO2)nc1C. The van der Waals surface area contributed by atoms with Crippen molar-refractivity contribution in [3.05, 3.63) is 17.5 Å². The van der Waals surface area contributed by atoms with Crippen molar-refractivity contribution < 1.29 is 4.74 Å². The van der Waals surface area contributed by atoms with Gasteiger partial charge in [-0.25, -0.2) is 0 Å². The van der Waals surface area contributed by atoms with E-state index in [0.717, 1.165) is 38.4 Å². The van der Waals surface area contributed by atoms with Crippen molar-refractivity contribution in [3.63, 3.8) is 0 Å². The highest BCUT2D eigenvalue weighted by atomic mass is 16.5. The van der Waals surface area contributed by atoms with Crippen molar-refractivity contribution in [1.82, 2.24) is 15.1 Å². The van der Waals surface area contributed by atoms with E-state index in [1.54, 1.807) is 0 Å². The zero-order chi connectivity index (χ0) is 12.1. The van der Waals surface area contributed by atoms with E-state index < -0.39 is 0 Å². The normalized spacial score (nSPS) is 20.0. The average molecular weight is 237 g/mol. The molecular formula is C13H23N3O. The zero-order valence-corrected chi connectivity index (χ0v) is 10.9. The van der Waals surface area contributed by atoms with Gasteiger partial charge in [0.2, 0.25) is 0 Å². The number of nitrogens with zero attached hydrogens (tertiary/aromatic N) is 2. The van der Waals surface area contributed by atoms with Gasteiger partial charge in [0, 0.05) is 31.5 Å². The van der Waals surface area contributed by atoms with Gasteiger partial charge in [0.25, 0.3) is 0 Å². The fourth-order valence-electron chi connectivity index (χ4n) is 2.26. The number of hydrogen-bond donors (Lipinski definition) is 1. The predicted octanol–water partition coefficient (Wildman–Crippen LogP) is 1.87. The first-order valence-electron chi connectivity index (χ1n) is 6.65. The lowest BCUT2D eigenvalue weighted by atomic mass is 10.2. The molecule has 0 amide bonds. The average Bonchev–Trinajstić information content (AvgIpc) is 2.93. The molecule has 1 unspecified atom stereocenters. The van der Waals surface area contributed by atoms with Gasteiger partial charge in [-0.1, -0.05) is 6.92 Å². The van der Waals surface area contributed by atoms with E-state index in [2.05, 4.69) is 35.1 Å². The fourth-order valence-corrected chi connectivity index (χ4v) is 2.26. The second-order valence-corrected chi connectivity index (χ2v) is 4.71. The Labute approximate surface area is 103 Å². The smallest absolute Gasteiger partial charge is 0.0638 e. The summed E-state index contributed by atoms with van der Waals surface area (Å²) in [6, 6.07) is 0. The molecule has 1 atom stereocenters. The molecule has 1 aliphatic rings. The molecule has 0 aromatic carbocycles. The molecule has 1 fully saturated rings. The molecule has 0 saturated carbocycles. The molecule has 0 spiro atoms. The first kappa shape index (κ1) is 12.6. The lowest BCUT2D eigenvalue weighted by Crippen LogP contribution is -2.12. The minimum Gasteiger partial charge on any atom is -0.378 e. The van der Waals surface area contributed by atoms with Crippen LogP contribution in [-0.2, 0) is 17.8 Å². The van der Waals surface area contributed by atoms with E-state index >= 15 is 0 Å². The van der Waals surface area contributed by atoms with Gasteiger partial charge in [0.1, 0.15) is 0 Å². The first-order valence-corrected chi connectivity index (χ1v) is 6.65. The zero-order valence-electron chi connectivity index (χ0n) is 10.9. The Morgan fingerprint density at radius 3 is 3.18 bits per heavy atom. The first-order chi connectivity index (χ1) is 8.29. The molecule has 1 aliphatic heterocycles. The van der Waals surface area contributed by atoms with E-state index in [1.807, 2.05) is 0 Å². The van der Waals surface area contributed by atoms with Crippen molar-refractivity contribution in [1.29, 1.82) is 0 Å². The van der Waals surface area contributed by atoms with Crippen LogP contribution in [0.1, 0.15) is 37.4 Å². The predicted molar refractivity (Wildman–Crippen MR) is 67.9 cm³/mol. The minimum atomic E-state index is 0.455. The molecule has 96 valence electrons. The highest BCUT2D eigenvalue weighted by Crippen LogP contribution is 2.16. The van der Waals surface area contributed by atoms with E-state index in [0.29, 0.717) is 6.10 Å². The van der Waals surface area contributed by atoms with Crippen LogP contribution in [0.5, 0.6) is 0 Å². The molecule has 0 radical (unpaired) electrons. The third kappa shape index (κ3) is 3.54. The molecule has 1 aromatic rings. The molecule has 1 saturated heterocycles. The van der Waals surface area contributed by atoms with Gasteiger partial charge >= 0.3 is 0 Å². The van der Waals surface area contributed by atoms with Gasteiger partial charge in [0.05, 0.1) is 11.8 Å². The Bertz CT molecular complexity index is 342. The summed E-state index contributed by atoms with van der Waals surface area (Å²) in [6.07, 6.45) is 6.13. The van der Waals surface area contributed by atoms with Crippen LogP contribution < -0.4 is 5.32 Å². The summed E-state index contributed by atoms with van der Waals surface area (Å²) in [7, 11) is 0. The van der Waals surface area contributed by atoms with Gasteiger partial charge in [-0.3, -0.25) is 4.68 Å². The van der Waals surface area contributed by atoms with Crippen LogP contribution in [0.15, 0.2) is 6.20 Å². The number of nitrogens with one attached hydrogen (secondary N) is 1. The Morgan fingerprint density at radius 2 is 2.47 bits per heavy atom. The van der Waals surface area contributed by atoms with Crippen LogP contribution in [0, 0.1) is 6.92 Å². The highest BCUT2D eigenvalue weighted by molar-refractivity contribution is 5.14. The summed E-state index contributed by atoms with van der Waals surface area (Å²) in [5, 5.41) is 7.88. The Hall–Kier alpha value is -0.870. The molecule has 1 aromatic heterocycles. The summed E-state index contributed by atoms with van der Waals surface area (Å²) in [5.41, 5.74) is 2.44. The lowest BCUT2D eigenvalue weighted by Gasteiger charge is -2.08. The number of aryl methyl sites for hydroxylation is 2. The van der Waals surface area contributed by atoms with E-state index in [1.165, 1.54) is 18.4 Å². The van der Waals surface area contributed by atoms with Gasteiger partial charge in [-0.05, 0) is 32.7 Å². The topological polar surface area (TPSA) is 39.1 Å². The van der Waals surface area contributed by atoms with Crippen LogP contribution in [0.25, 0.3) is 0 Å². The summed E-state index contributed by atoms with van der Waals surface area (Å²) in [5.74, 6) is 0. The van der Waals surface area contributed by atoms with E-state index in [4.69, 9.17) is 4.74 Å². The molecule has 0 bridgehead atoms. The molecule has 0 aliphatic carbocycles. The maximum atomic E-state index is 5.62. The van der Waals surface area contributed by atoms with Crippen LogP contribution in [0.4, 0.5) is 0 Å². The van der Waals surface area contributed by atoms with Crippen molar-refractivity contribution >= 4 is 0 Å². The molecule has 17 heavy (non-hydrogen) atoms. The van der Waals surface area contributed by atoms with Gasteiger partial charge in [0.15, 0.2) is 0 Å². The largest absolute Gasteiger partial charge is 0.378 e. The van der Waals surface area contributed by atoms with Gasteiger partial charge < -0.3 is 10.1 Å². The van der Waals surface area contributed by atoms with Gasteiger partial charge in [-0.15, -0.1) is 0 Å². The molecule has 2 rings (SSSR count). The quantitative estimate of drug-likeness (QED) is 0.821. The monoisotopic (exact) mass is 237 g/mol. The summed E-state index contributed by atoms with van der Waals surface area (Å²) < 4.78 is 7.68. The Kier molecular flexibility index (Phi) is 4.57. The standard InChI is InChI=1S/C13H23N3O/c1-3-14-9-12-10-16(15-11(12)2)7-6-13-5-4-8-17-13/h10,13-14H,3-9H2,1-2H3. The Morgan fingerprint density at radius 1 is 1.59 bits per heavy atom. The van der Waals surface area contributed by atoms with E-state index in [9.17, 15) is 0 Å². The second-order valence-electron chi connectivity index (χ2n) is 4.71. The van der Waals surface area contributed by atoms with Crippen LogP contribution >= 0.6 is 0 Å². The summed E-state index contributed by atoms with van der Waals surface area (Å²) in [6.45, 7) is 8.03. The number of aromatic nitrogens is 2. The molecule has 4 nitrogen and oxygen atoms in total. The van der Waals surface area contributed by atoms with Crippen LogP contribution in [0.2, 0.25) is 0 Å². The van der Waals surface area contributed by atoms with Crippen molar-refractivity contribution in [2.75, 3.05) is 13.2 Å². The van der Waals surface area contributed by atoms with Crippen LogP contribution in [0.3, 0.4) is 0 Å². The van der Waals surface area contributed by atoms with Crippen molar-refractivity contribution in [2.45, 2.75) is 52.3 Å². The maximum absolute atomic E-state index is 5.62. The minimum absolute atomic E-state index is 0.455. The van der Waals surface area contributed by atoms with Gasteiger partial charge in [-0.2, -0.15) is 5.10 Å². The lowest BCUT2D eigenvalue weighted by molar-refractivity contribution is 0.0994.